The van der Waals surface area contributed by atoms with Crippen LogP contribution in [-0.2, 0) is 6.42 Å². The maximum Gasteiger partial charge on any atom is 0.305 e. The Bertz CT molecular complexity index is 492. The summed E-state index contributed by atoms with van der Waals surface area (Å²) >= 11 is 0. The second-order valence-electron chi connectivity index (χ2n) is 5.74. The van der Waals surface area contributed by atoms with E-state index in [1.165, 1.54) is 6.07 Å². The number of benzene rings is 1. The fourth-order valence-corrected chi connectivity index (χ4v) is 3.16. The van der Waals surface area contributed by atoms with E-state index in [1.54, 1.807) is 12.1 Å². The lowest BCUT2D eigenvalue weighted by Gasteiger charge is -2.27. The van der Waals surface area contributed by atoms with E-state index < -0.39 is 16.4 Å². The van der Waals surface area contributed by atoms with E-state index in [-0.39, 0.29) is 5.41 Å². The molecule has 0 bridgehead atoms. The van der Waals surface area contributed by atoms with E-state index in [2.05, 4.69) is 6.92 Å². The van der Waals surface area contributed by atoms with Gasteiger partial charge in [0.15, 0.2) is 0 Å². The van der Waals surface area contributed by atoms with Gasteiger partial charge in [0.25, 0.3) is 0 Å². The molecular formula is C14H19FN2O2. The summed E-state index contributed by atoms with van der Waals surface area (Å²) in [5.74, 6) is -0.120. The van der Waals surface area contributed by atoms with Crippen molar-refractivity contribution < 1.29 is 9.31 Å². The van der Waals surface area contributed by atoms with Crippen molar-refractivity contribution in [2.75, 3.05) is 6.54 Å². The Morgan fingerprint density at radius 1 is 1.58 bits per heavy atom. The normalized spacial score (nSPS) is 26.6. The standard InChI is InChI=1S/C14H19FN2O2/c1-10-5-6-14(7-10,9-16)8-11-3-2-4-12(13(11)15)17(18)19/h2-4,10H,5-9,16H2,1H3. The third-order valence-corrected chi connectivity index (χ3v) is 4.20. The molecule has 1 saturated carbocycles. The van der Waals surface area contributed by atoms with Crippen molar-refractivity contribution in [2.24, 2.45) is 17.1 Å². The first-order valence-corrected chi connectivity index (χ1v) is 6.59. The maximum absolute atomic E-state index is 14.1. The molecule has 19 heavy (non-hydrogen) atoms. The molecule has 1 fully saturated rings. The van der Waals surface area contributed by atoms with Gasteiger partial charge in [0, 0.05) is 6.07 Å². The van der Waals surface area contributed by atoms with Gasteiger partial charge in [-0.2, -0.15) is 4.39 Å². The molecule has 0 spiro atoms. The summed E-state index contributed by atoms with van der Waals surface area (Å²) in [5.41, 5.74) is 5.73. The second-order valence-corrected chi connectivity index (χ2v) is 5.74. The lowest BCUT2D eigenvalue weighted by Crippen LogP contribution is -2.30. The van der Waals surface area contributed by atoms with Gasteiger partial charge < -0.3 is 5.73 Å². The van der Waals surface area contributed by atoms with Crippen molar-refractivity contribution in [1.29, 1.82) is 0 Å². The molecule has 2 unspecified atom stereocenters. The molecule has 1 aliphatic carbocycles. The Labute approximate surface area is 112 Å². The Morgan fingerprint density at radius 2 is 2.32 bits per heavy atom. The number of rotatable bonds is 4. The topological polar surface area (TPSA) is 69.2 Å². The first-order chi connectivity index (χ1) is 8.97. The summed E-state index contributed by atoms with van der Waals surface area (Å²) in [4.78, 5) is 10.1. The monoisotopic (exact) mass is 266 g/mol. The highest BCUT2D eigenvalue weighted by Crippen LogP contribution is 2.44. The Balaban J connectivity index is 2.28. The van der Waals surface area contributed by atoms with Crippen LogP contribution in [0.2, 0.25) is 0 Å². The molecule has 0 heterocycles. The van der Waals surface area contributed by atoms with E-state index in [1.807, 2.05) is 0 Å². The minimum Gasteiger partial charge on any atom is -0.330 e. The average molecular weight is 266 g/mol. The molecule has 1 aromatic carbocycles. The number of nitro benzene ring substituents is 1. The molecule has 0 aromatic heterocycles. The van der Waals surface area contributed by atoms with Crippen molar-refractivity contribution in [3.63, 3.8) is 0 Å². The van der Waals surface area contributed by atoms with Gasteiger partial charge >= 0.3 is 5.69 Å². The highest BCUT2D eigenvalue weighted by molar-refractivity contribution is 5.37. The number of hydrogen-bond donors (Lipinski definition) is 1. The van der Waals surface area contributed by atoms with Gasteiger partial charge in [0.2, 0.25) is 5.82 Å². The highest BCUT2D eigenvalue weighted by atomic mass is 19.1. The molecule has 0 radical (unpaired) electrons. The van der Waals surface area contributed by atoms with Crippen LogP contribution < -0.4 is 5.73 Å². The summed E-state index contributed by atoms with van der Waals surface area (Å²) in [6, 6.07) is 4.37. The van der Waals surface area contributed by atoms with Crippen molar-refractivity contribution in [2.45, 2.75) is 32.6 Å². The number of nitrogens with two attached hydrogens (primary N) is 1. The first kappa shape index (κ1) is 13.9. The molecule has 1 aromatic rings. The fraction of sp³-hybridized carbons (Fsp3) is 0.571. The predicted molar refractivity (Wildman–Crippen MR) is 71.3 cm³/mol. The van der Waals surface area contributed by atoms with Crippen LogP contribution in [0.5, 0.6) is 0 Å². The lowest BCUT2D eigenvalue weighted by molar-refractivity contribution is -0.387. The predicted octanol–water partition coefficient (Wildman–Crippen LogP) is 3.04. The quantitative estimate of drug-likeness (QED) is 0.672. The molecule has 2 N–H and O–H groups in total. The van der Waals surface area contributed by atoms with Gasteiger partial charge in [-0.05, 0) is 42.7 Å². The van der Waals surface area contributed by atoms with E-state index in [0.717, 1.165) is 19.3 Å². The van der Waals surface area contributed by atoms with Gasteiger partial charge in [0.1, 0.15) is 0 Å². The second kappa shape index (κ2) is 5.25. The maximum atomic E-state index is 14.1. The summed E-state index contributed by atoms with van der Waals surface area (Å²) < 4.78 is 14.1. The van der Waals surface area contributed by atoms with E-state index in [4.69, 9.17) is 5.73 Å². The molecule has 0 amide bonds. The van der Waals surface area contributed by atoms with Crippen LogP contribution in [0.1, 0.15) is 31.7 Å². The van der Waals surface area contributed by atoms with Gasteiger partial charge in [-0.25, -0.2) is 0 Å². The smallest absolute Gasteiger partial charge is 0.305 e. The van der Waals surface area contributed by atoms with Gasteiger partial charge in [-0.3, -0.25) is 10.1 Å². The van der Waals surface area contributed by atoms with E-state index in [9.17, 15) is 14.5 Å². The van der Waals surface area contributed by atoms with Crippen LogP contribution in [0.4, 0.5) is 10.1 Å². The molecule has 0 aliphatic heterocycles. The van der Waals surface area contributed by atoms with Crippen molar-refractivity contribution >= 4 is 5.69 Å². The molecular weight excluding hydrogens is 247 g/mol. The van der Waals surface area contributed by atoms with Gasteiger partial charge in [-0.1, -0.05) is 25.5 Å². The third kappa shape index (κ3) is 2.76. The Kier molecular flexibility index (Phi) is 3.85. The zero-order valence-corrected chi connectivity index (χ0v) is 11.1. The molecule has 104 valence electrons. The molecule has 2 rings (SSSR count). The number of hydrogen-bond acceptors (Lipinski definition) is 3. The first-order valence-electron chi connectivity index (χ1n) is 6.59. The molecule has 5 heteroatoms. The highest BCUT2D eigenvalue weighted by Gasteiger charge is 2.37. The van der Waals surface area contributed by atoms with Crippen molar-refractivity contribution in [1.82, 2.24) is 0 Å². The fourth-order valence-electron chi connectivity index (χ4n) is 3.16. The number of nitrogens with zero attached hydrogens (tertiary/aromatic N) is 1. The molecule has 0 saturated heterocycles. The SMILES string of the molecule is CC1CCC(CN)(Cc2cccc([N+](=O)[O-])c2F)C1. The summed E-state index contributed by atoms with van der Waals surface area (Å²) in [7, 11) is 0. The Hall–Kier alpha value is -1.49. The van der Waals surface area contributed by atoms with Crippen molar-refractivity contribution in [3.05, 3.63) is 39.7 Å². The molecule has 2 atom stereocenters. The zero-order chi connectivity index (χ0) is 14.0. The van der Waals surface area contributed by atoms with Crippen LogP contribution in [0.15, 0.2) is 18.2 Å². The van der Waals surface area contributed by atoms with Crippen LogP contribution in [0, 0.1) is 27.3 Å². The number of halogens is 1. The number of nitro groups is 1. The minimum atomic E-state index is -0.708. The van der Waals surface area contributed by atoms with Crippen LogP contribution in [0.25, 0.3) is 0 Å². The van der Waals surface area contributed by atoms with E-state index in [0.29, 0.717) is 24.4 Å². The van der Waals surface area contributed by atoms with Gasteiger partial charge in [-0.15, -0.1) is 0 Å². The summed E-state index contributed by atoms with van der Waals surface area (Å²) in [6.07, 6.45) is 3.51. The molecule has 4 nitrogen and oxygen atoms in total. The van der Waals surface area contributed by atoms with Gasteiger partial charge in [0.05, 0.1) is 4.92 Å². The zero-order valence-electron chi connectivity index (χ0n) is 11.1. The third-order valence-electron chi connectivity index (χ3n) is 4.20. The minimum absolute atomic E-state index is 0.102. The van der Waals surface area contributed by atoms with Crippen LogP contribution >= 0.6 is 0 Å². The lowest BCUT2D eigenvalue weighted by atomic mass is 9.79. The summed E-state index contributed by atoms with van der Waals surface area (Å²) in [6.45, 7) is 2.67. The summed E-state index contributed by atoms with van der Waals surface area (Å²) in [5, 5.41) is 10.8. The van der Waals surface area contributed by atoms with Crippen LogP contribution in [-0.4, -0.2) is 11.5 Å². The largest absolute Gasteiger partial charge is 0.330 e. The average Bonchev–Trinajstić information content (AvgIpc) is 2.74. The van der Waals surface area contributed by atoms with E-state index >= 15 is 0 Å². The molecule has 1 aliphatic rings. The van der Waals surface area contributed by atoms with Crippen molar-refractivity contribution in [3.8, 4) is 0 Å². The van der Waals surface area contributed by atoms with Crippen LogP contribution in [0.3, 0.4) is 0 Å². The Morgan fingerprint density at radius 3 is 2.84 bits per heavy atom.